The van der Waals surface area contributed by atoms with Crippen molar-refractivity contribution in [2.24, 2.45) is 0 Å². The van der Waals surface area contributed by atoms with Gasteiger partial charge >= 0.3 is 0 Å². The van der Waals surface area contributed by atoms with Gasteiger partial charge in [0.25, 0.3) is 5.91 Å². The summed E-state index contributed by atoms with van der Waals surface area (Å²) in [7, 11) is 0. The average Bonchev–Trinajstić information content (AvgIpc) is 2.72. The number of hydrogen-bond acceptors (Lipinski definition) is 2. The van der Waals surface area contributed by atoms with Crippen molar-refractivity contribution in [3.05, 3.63) is 29.3 Å². The molecule has 0 aliphatic carbocycles. The van der Waals surface area contributed by atoms with Crippen LogP contribution in [0.1, 0.15) is 61.9 Å². The van der Waals surface area contributed by atoms with Crippen LogP contribution in [0.3, 0.4) is 0 Å². The first kappa shape index (κ1) is 15.9. The van der Waals surface area contributed by atoms with Crippen LogP contribution in [0.4, 0.5) is 5.69 Å². The van der Waals surface area contributed by atoms with E-state index in [1.54, 1.807) is 0 Å². The Hall–Kier alpha value is -1.51. The summed E-state index contributed by atoms with van der Waals surface area (Å²) in [5.74, 6) is 0.194. The van der Waals surface area contributed by atoms with Crippen LogP contribution >= 0.6 is 0 Å². The van der Waals surface area contributed by atoms with Crippen molar-refractivity contribution in [3.63, 3.8) is 0 Å². The molecule has 21 heavy (non-hydrogen) atoms. The molecule has 1 atom stereocenters. The Balaban J connectivity index is 2.28. The summed E-state index contributed by atoms with van der Waals surface area (Å²) < 4.78 is 0. The molecular formula is C18H28N2O. The van der Waals surface area contributed by atoms with E-state index in [4.69, 9.17) is 0 Å². The maximum atomic E-state index is 13.0. The molecule has 1 amide bonds. The van der Waals surface area contributed by atoms with Crippen LogP contribution in [0.25, 0.3) is 0 Å². The number of benzene rings is 1. The maximum Gasteiger partial charge on any atom is 0.256 e. The summed E-state index contributed by atoms with van der Waals surface area (Å²) in [6, 6.07) is 6.49. The van der Waals surface area contributed by atoms with E-state index in [0.717, 1.165) is 43.6 Å². The molecule has 116 valence electrons. The molecule has 0 aromatic heterocycles. The SMILES string of the molecule is CCNc1cc(C)ccc1C(=O)N1CCCCCC1CC. The molecule has 1 N–H and O–H groups in total. The predicted octanol–water partition coefficient (Wildman–Crippen LogP) is 4.22. The highest BCUT2D eigenvalue weighted by Crippen LogP contribution is 2.25. The lowest BCUT2D eigenvalue weighted by atomic mass is 10.0. The van der Waals surface area contributed by atoms with Crippen molar-refractivity contribution in [2.45, 2.75) is 58.9 Å². The number of hydrogen-bond donors (Lipinski definition) is 1. The molecule has 1 aromatic carbocycles. The lowest BCUT2D eigenvalue weighted by molar-refractivity contribution is 0.0679. The second-order valence-corrected chi connectivity index (χ2v) is 5.99. The first-order chi connectivity index (χ1) is 10.2. The quantitative estimate of drug-likeness (QED) is 0.899. The summed E-state index contributed by atoms with van der Waals surface area (Å²) >= 11 is 0. The van der Waals surface area contributed by atoms with Gasteiger partial charge in [-0.3, -0.25) is 4.79 Å². The molecule has 1 aromatic rings. The minimum Gasteiger partial charge on any atom is -0.385 e. The number of nitrogens with zero attached hydrogens (tertiary/aromatic N) is 1. The zero-order valence-corrected chi connectivity index (χ0v) is 13.6. The van der Waals surface area contributed by atoms with E-state index in [9.17, 15) is 4.79 Å². The van der Waals surface area contributed by atoms with Crippen molar-refractivity contribution in [1.29, 1.82) is 0 Å². The van der Waals surface area contributed by atoms with E-state index in [2.05, 4.69) is 37.1 Å². The van der Waals surface area contributed by atoms with Gasteiger partial charge in [0.15, 0.2) is 0 Å². The highest BCUT2D eigenvalue weighted by molar-refractivity contribution is 6.00. The zero-order chi connectivity index (χ0) is 15.2. The average molecular weight is 288 g/mol. The van der Waals surface area contributed by atoms with E-state index in [1.165, 1.54) is 18.4 Å². The van der Waals surface area contributed by atoms with Gasteiger partial charge < -0.3 is 10.2 Å². The predicted molar refractivity (Wildman–Crippen MR) is 88.9 cm³/mol. The van der Waals surface area contributed by atoms with Crippen molar-refractivity contribution < 1.29 is 4.79 Å². The highest BCUT2D eigenvalue weighted by Gasteiger charge is 2.26. The molecule has 1 fully saturated rings. The van der Waals surface area contributed by atoms with Crippen molar-refractivity contribution in [2.75, 3.05) is 18.4 Å². The summed E-state index contributed by atoms with van der Waals surface area (Å²) in [6.45, 7) is 8.06. The topological polar surface area (TPSA) is 32.3 Å². The third-order valence-corrected chi connectivity index (χ3v) is 4.38. The molecule has 1 aliphatic heterocycles. The van der Waals surface area contributed by atoms with Crippen LogP contribution in [0, 0.1) is 6.92 Å². The third-order valence-electron chi connectivity index (χ3n) is 4.38. The van der Waals surface area contributed by atoms with Crippen LogP contribution in [-0.4, -0.2) is 29.9 Å². The van der Waals surface area contributed by atoms with Crippen LogP contribution in [0.15, 0.2) is 18.2 Å². The molecule has 3 nitrogen and oxygen atoms in total. The van der Waals surface area contributed by atoms with Gasteiger partial charge in [0.1, 0.15) is 0 Å². The first-order valence-electron chi connectivity index (χ1n) is 8.32. The molecule has 0 bridgehead atoms. The van der Waals surface area contributed by atoms with Gasteiger partial charge in [-0.2, -0.15) is 0 Å². The lowest BCUT2D eigenvalue weighted by Crippen LogP contribution is -2.40. The van der Waals surface area contributed by atoms with E-state index >= 15 is 0 Å². The Labute approximate surface area is 128 Å². The van der Waals surface area contributed by atoms with Gasteiger partial charge in [0.05, 0.1) is 5.56 Å². The van der Waals surface area contributed by atoms with E-state index in [1.807, 2.05) is 12.1 Å². The molecule has 0 saturated carbocycles. The van der Waals surface area contributed by atoms with Gasteiger partial charge in [-0.15, -0.1) is 0 Å². The summed E-state index contributed by atoms with van der Waals surface area (Å²) in [4.78, 5) is 15.1. The molecule has 3 heteroatoms. The number of aryl methyl sites for hydroxylation is 1. The minimum atomic E-state index is 0.194. The number of nitrogens with one attached hydrogen (secondary N) is 1. The molecule has 1 aliphatic rings. The number of likely N-dealkylation sites (tertiary alicyclic amines) is 1. The Kier molecular flexibility index (Phi) is 5.66. The smallest absolute Gasteiger partial charge is 0.256 e. The standard InChI is InChI=1S/C18H28N2O/c1-4-15-9-7-6-8-12-20(15)18(21)16-11-10-14(3)13-17(16)19-5-2/h10-11,13,15,19H,4-9,12H2,1-3H3. The normalized spacial score (nSPS) is 19.2. The van der Waals surface area contributed by atoms with Gasteiger partial charge in [-0.05, 0) is 50.8 Å². The molecule has 0 spiro atoms. The number of anilines is 1. The van der Waals surface area contributed by atoms with Crippen molar-refractivity contribution in [3.8, 4) is 0 Å². The fraction of sp³-hybridized carbons (Fsp3) is 0.611. The maximum absolute atomic E-state index is 13.0. The van der Waals surface area contributed by atoms with Crippen molar-refractivity contribution >= 4 is 11.6 Å². The number of carbonyl (C=O) groups is 1. The van der Waals surface area contributed by atoms with E-state index in [0.29, 0.717) is 6.04 Å². The van der Waals surface area contributed by atoms with Crippen LogP contribution in [0.2, 0.25) is 0 Å². The van der Waals surface area contributed by atoms with Gasteiger partial charge in [-0.25, -0.2) is 0 Å². The number of carbonyl (C=O) groups excluding carboxylic acids is 1. The van der Waals surface area contributed by atoms with Crippen LogP contribution < -0.4 is 5.32 Å². The fourth-order valence-electron chi connectivity index (χ4n) is 3.21. The summed E-state index contributed by atoms with van der Waals surface area (Å²) in [6.07, 6.45) is 5.81. The number of rotatable bonds is 4. The Morgan fingerprint density at radius 3 is 2.81 bits per heavy atom. The molecule has 1 unspecified atom stereocenters. The lowest BCUT2D eigenvalue weighted by Gasteiger charge is -2.30. The second kappa shape index (κ2) is 7.48. The molecular weight excluding hydrogens is 260 g/mol. The van der Waals surface area contributed by atoms with Crippen LogP contribution in [0.5, 0.6) is 0 Å². The third kappa shape index (κ3) is 3.78. The fourth-order valence-corrected chi connectivity index (χ4v) is 3.21. The van der Waals surface area contributed by atoms with Gasteiger partial charge in [0, 0.05) is 24.8 Å². The molecule has 2 rings (SSSR count). The van der Waals surface area contributed by atoms with Crippen molar-refractivity contribution in [1.82, 2.24) is 4.90 Å². The van der Waals surface area contributed by atoms with Crippen LogP contribution in [-0.2, 0) is 0 Å². The monoisotopic (exact) mass is 288 g/mol. The van der Waals surface area contributed by atoms with E-state index < -0.39 is 0 Å². The van der Waals surface area contributed by atoms with Gasteiger partial charge in [-0.1, -0.05) is 25.8 Å². The second-order valence-electron chi connectivity index (χ2n) is 5.99. The Morgan fingerprint density at radius 2 is 2.10 bits per heavy atom. The first-order valence-corrected chi connectivity index (χ1v) is 8.32. The Morgan fingerprint density at radius 1 is 1.29 bits per heavy atom. The minimum absolute atomic E-state index is 0.194. The van der Waals surface area contributed by atoms with Gasteiger partial charge in [0.2, 0.25) is 0 Å². The highest BCUT2D eigenvalue weighted by atomic mass is 16.2. The number of amides is 1. The summed E-state index contributed by atoms with van der Waals surface area (Å²) in [5, 5.41) is 3.34. The largest absolute Gasteiger partial charge is 0.385 e. The zero-order valence-electron chi connectivity index (χ0n) is 13.6. The molecule has 0 radical (unpaired) electrons. The van der Waals surface area contributed by atoms with E-state index in [-0.39, 0.29) is 5.91 Å². The molecule has 1 saturated heterocycles. The molecule has 1 heterocycles. The Bertz CT molecular complexity index is 484. The summed E-state index contributed by atoms with van der Waals surface area (Å²) in [5.41, 5.74) is 2.98.